The molecule has 0 unspecified atom stereocenters. The number of nitrogens with zero attached hydrogens (tertiary/aromatic N) is 2. The number of amides is 2. The predicted octanol–water partition coefficient (Wildman–Crippen LogP) is 2.28. The summed E-state index contributed by atoms with van der Waals surface area (Å²) in [7, 11) is 1.69. The number of anilines is 1. The van der Waals surface area contributed by atoms with Crippen molar-refractivity contribution in [1.29, 1.82) is 0 Å². The van der Waals surface area contributed by atoms with Crippen LogP contribution in [0.2, 0.25) is 0 Å². The summed E-state index contributed by atoms with van der Waals surface area (Å²) in [6, 6.07) is 6.62. The lowest BCUT2D eigenvalue weighted by Crippen LogP contribution is -2.30. The van der Waals surface area contributed by atoms with Gasteiger partial charge in [0.15, 0.2) is 5.78 Å². The molecule has 0 saturated heterocycles. The second kappa shape index (κ2) is 6.01. The van der Waals surface area contributed by atoms with Crippen LogP contribution >= 0.6 is 0 Å². The minimum absolute atomic E-state index is 0.0344. The van der Waals surface area contributed by atoms with Crippen LogP contribution in [0, 0.1) is 0 Å². The van der Waals surface area contributed by atoms with Crippen molar-refractivity contribution in [3.8, 4) is 0 Å². The number of hydrogen-bond acceptors (Lipinski definition) is 3. The fourth-order valence-corrected chi connectivity index (χ4v) is 1.74. The number of aromatic amines is 1. The lowest BCUT2D eigenvalue weighted by molar-refractivity contribution is 0.101. The summed E-state index contributed by atoms with van der Waals surface area (Å²) in [5.74, 6) is -0.0344. The van der Waals surface area contributed by atoms with E-state index in [1.54, 1.807) is 43.7 Å². The molecular formula is C14H16N4O2. The molecule has 2 rings (SSSR count). The molecular weight excluding hydrogens is 256 g/mol. The first-order valence-corrected chi connectivity index (χ1v) is 6.17. The molecule has 0 aliphatic rings. The van der Waals surface area contributed by atoms with Crippen LogP contribution in [0.25, 0.3) is 0 Å². The number of Topliss-reactive ketones (excluding diaryl/α,β-unsaturated/α-hetero) is 1. The van der Waals surface area contributed by atoms with Gasteiger partial charge in [-0.1, -0.05) is 12.1 Å². The normalized spacial score (nSPS) is 10.1. The molecule has 2 N–H and O–H groups in total. The van der Waals surface area contributed by atoms with Crippen molar-refractivity contribution in [2.75, 3.05) is 12.4 Å². The van der Waals surface area contributed by atoms with Crippen molar-refractivity contribution < 1.29 is 9.59 Å². The number of rotatable bonds is 4. The number of H-pyrrole nitrogens is 1. The monoisotopic (exact) mass is 272 g/mol. The second-order valence-electron chi connectivity index (χ2n) is 4.53. The van der Waals surface area contributed by atoms with Crippen LogP contribution in [-0.4, -0.2) is 34.0 Å². The summed E-state index contributed by atoms with van der Waals surface area (Å²) in [6.45, 7) is 1.95. The lowest BCUT2D eigenvalue weighted by atomic mass is 10.1. The van der Waals surface area contributed by atoms with Crippen molar-refractivity contribution in [3.63, 3.8) is 0 Å². The maximum absolute atomic E-state index is 12.0. The highest BCUT2D eigenvalue weighted by molar-refractivity contribution is 5.96. The molecule has 2 aromatic rings. The molecule has 1 aromatic carbocycles. The maximum Gasteiger partial charge on any atom is 0.321 e. The van der Waals surface area contributed by atoms with Gasteiger partial charge in [0.2, 0.25) is 0 Å². The Kier molecular flexibility index (Phi) is 4.14. The van der Waals surface area contributed by atoms with Crippen molar-refractivity contribution in [1.82, 2.24) is 15.1 Å². The number of carbonyl (C=O) groups excluding carboxylic acids is 2. The van der Waals surface area contributed by atoms with E-state index >= 15 is 0 Å². The largest absolute Gasteiger partial charge is 0.323 e. The summed E-state index contributed by atoms with van der Waals surface area (Å²) < 4.78 is 0. The predicted molar refractivity (Wildman–Crippen MR) is 75.5 cm³/mol. The van der Waals surface area contributed by atoms with E-state index < -0.39 is 0 Å². The van der Waals surface area contributed by atoms with Gasteiger partial charge in [-0.05, 0) is 19.1 Å². The van der Waals surface area contributed by atoms with E-state index in [1.807, 2.05) is 0 Å². The highest BCUT2D eigenvalue weighted by Crippen LogP contribution is 2.12. The molecule has 0 spiro atoms. The summed E-state index contributed by atoms with van der Waals surface area (Å²) >= 11 is 0. The SMILES string of the molecule is CC(=O)c1cccc(NC(=O)N(C)Cc2cn[nH]c2)c1. The molecule has 0 fully saturated rings. The lowest BCUT2D eigenvalue weighted by Gasteiger charge is -2.17. The van der Waals surface area contributed by atoms with E-state index in [4.69, 9.17) is 0 Å². The van der Waals surface area contributed by atoms with E-state index in [9.17, 15) is 9.59 Å². The van der Waals surface area contributed by atoms with E-state index in [0.717, 1.165) is 5.56 Å². The second-order valence-corrected chi connectivity index (χ2v) is 4.53. The molecule has 2 amide bonds. The van der Waals surface area contributed by atoms with Crippen LogP contribution in [0.1, 0.15) is 22.8 Å². The van der Waals surface area contributed by atoms with Gasteiger partial charge in [-0.25, -0.2) is 4.79 Å². The summed E-state index contributed by atoms with van der Waals surface area (Å²) in [5, 5.41) is 9.28. The Balaban J connectivity index is 2.00. The zero-order valence-electron chi connectivity index (χ0n) is 11.4. The molecule has 0 aliphatic heterocycles. The summed E-state index contributed by atoms with van der Waals surface area (Å²) in [6.07, 6.45) is 3.40. The first-order chi connectivity index (χ1) is 9.56. The Morgan fingerprint density at radius 3 is 2.85 bits per heavy atom. The molecule has 1 aromatic heterocycles. The molecule has 6 nitrogen and oxygen atoms in total. The standard InChI is InChI=1S/C14H16N4O2/c1-10(19)12-4-3-5-13(6-12)17-14(20)18(2)9-11-7-15-16-8-11/h3-8H,9H2,1-2H3,(H,15,16)(H,17,20). The number of carbonyl (C=O) groups is 2. The topological polar surface area (TPSA) is 78.1 Å². The molecule has 104 valence electrons. The number of nitrogens with one attached hydrogen (secondary N) is 2. The van der Waals surface area contributed by atoms with Crippen LogP contribution in [0.3, 0.4) is 0 Å². The molecule has 0 bridgehead atoms. The fraction of sp³-hybridized carbons (Fsp3) is 0.214. The average Bonchev–Trinajstić information content (AvgIpc) is 2.91. The molecule has 1 heterocycles. The van der Waals surface area contributed by atoms with Gasteiger partial charge in [-0.2, -0.15) is 5.10 Å². The Bertz CT molecular complexity index is 607. The van der Waals surface area contributed by atoms with E-state index in [2.05, 4.69) is 15.5 Å². The van der Waals surface area contributed by atoms with Crippen molar-refractivity contribution in [3.05, 3.63) is 47.8 Å². The molecule has 0 atom stereocenters. The minimum Gasteiger partial charge on any atom is -0.323 e. The first-order valence-electron chi connectivity index (χ1n) is 6.17. The number of hydrogen-bond donors (Lipinski definition) is 2. The van der Waals surface area contributed by atoms with Gasteiger partial charge >= 0.3 is 6.03 Å². The summed E-state index contributed by atoms with van der Waals surface area (Å²) in [4.78, 5) is 24.8. The van der Waals surface area contributed by atoms with Crippen molar-refractivity contribution in [2.45, 2.75) is 13.5 Å². The van der Waals surface area contributed by atoms with Gasteiger partial charge < -0.3 is 10.2 Å². The molecule has 0 aliphatic carbocycles. The highest BCUT2D eigenvalue weighted by Gasteiger charge is 2.10. The van der Waals surface area contributed by atoms with Crippen LogP contribution in [-0.2, 0) is 6.54 Å². The smallest absolute Gasteiger partial charge is 0.321 e. The van der Waals surface area contributed by atoms with Gasteiger partial charge in [0.25, 0.3) is 0 Å². The third-order valence-electron chi connectivity index (χ3n) is 2.84. The van der Waals surface area contributed by atoms with Gasteiger partial charge in [0.1, 0.15) is 0 Å². The third-order valence-corrected chi connectivity index (χ3v) is 2.84. The first kappa shape index (κ1) is 13.8. The molecule has 20 heavy (non-hydrogen) atoms. The number of ketones is 1. The maximum atomic E-state index is 12.0. The number of aromatic nitrogens is 2. The Labute approximate surface area is 116 Å². The quantitative estimate of drug-likeness (QED) is 0.838. The number of benzene rings is 1. The minimum atomic E-state index is -0.244. The average molecular weight is 272 g/mol. The Morgan fingerprint density at radius 1 is 1.40 bits per heavy atom. The van der Waals surface area contributed by atoms with Crippen LogP contribution in [0.15, 0.2) is 36.7 Å². The van der Waals surface area contributed by atoms with Crippen LogP contribution < -0.4 is 5.32 Å². The molecule has 0 saturated carbocycles. The molecule has 0 radical (unpaired) electrons. The third kappa shape index (κ3) is 3.44. The van der Waals surface area contributed by atoms with Crippen LogP contribution in [0.4, 0.5) is 10.5 Å². The van der Waals surface area contributed by atoms with Gasteiger partial charge in [-0.3, -0.25) is 9.89 Å². The Morgan fingerprint density at radius 2 is 2.20 bits per heavy atom. The molecule has 6 heteroatoms. The van der Waals surface area contributed by atoms with Gasteiger partial charge in [0, 0.05) is 30.1 Å². The fourth-order valence-electron chi connectivity index (χ4n) is 1.74. The zero-order valence-corrected chi connectivity index (χ0v) is 11.4. The van der Waals surface area contributed by atoms with E-state index in [1.165, 1.54) is 11.8 Å². The highest BCUT2D eigenvalue weighted by atomic mass is 16.2. The zero-order chi connectivity index (χ0) is 14.5. The van der Waals surface area contributed by atoms with Gasteiger partial charge in [-0.15, -0.1) is 0 Å². The number of urea groups is 1. The van der Waals surface area contributed by atoms with E-state index in [0.29, 0.717) is 17.8 Å². The van der Waals surface area contributed by atoms with Gasteiger partial charge in [0.05, 0.1) is 12.7 Å². The van der Waals surface area contributed by atoms with E-state index in [-0.39, 0.29) is 11.8 Å². The van der Waals surface area contributed by atoms with Crippen molar-refractivity contribution in [2.24, 2.45) is 0 Å². The van der Waals surface area contributed by atoms with Crippen LogP contribution in [0.5, 0.6) is 0 Å². The summed E-state index contributed by atoms with van der Waals surface area (Å²) in [5.41, 5.74) is 2.09. The van der Waals surface area contributed by atoms with Crippen molar-refractivity contribution >= 4 is 17.5 Å². The Hall–Kier alpha value is -2.63.